The molecule has 0 heterocycles. The summed E-state index contributed by atoms with van der Waals surface area (Å²) < 4.78 is 0. The first-order valence-corrected chi connectivity index (χ1v) is 6.64. The van der Waals surface area contributed by atoms with Gasteiger partial charge in [-0.25, -0.2) is 0 Å². The third kappa shape index (κ3) is 2.73. The van der Waals surface area contributed by atoms with Gasteiger partial charge < -0.3 is 10.0 Å². The highest BCUT2D eigenvalue weighted by atomic mass is 16.3. The van der Waals surface area contributed by atoms with E-state index in [1.54, 1.807) is 0 Å². The average molecular weight is 211 g/mol. The molecule has 2 saturated carbocycles. The van der Waals surface area contributed by atoms with Crippen LogP contribution in [0.3, 0.4) is 0 Å². The molecule has 2 rings (SSSR count). The van der Waals surface area contributed by atoms with Crippen LogP contribution >= 0.6 is 0 Å². The van der Waals surface area contributed by atoms with Crippen LogP contribution < -0.4 is 0 Å². The maximum absolute atomic E-state index is 9.11. The van der Waals surface area contributed by atoms with E-state index < -0.39 is 0 Å². The fraction of sp³-hybridized carbons (Fsp3) is 1.00. The van der Waals surface area contributed by atoms with Crippen LogP contribution in [0.2, 0.25) is 0 Å². The zero-order valence-corrected chi connectivity index (χ0v) is 9.99. The van der Waals surface area contributed by atoms with Gasteiger partial charge in [0.1, 0.15) is 0 Å². The van der Waals surface area contributed by atoms with Crippen LogP contribution in [-0.4, -0.2) is 35.7 Å². The fourth-order valence-corrected chi connectivity index (χ4v) is 3.34. The highest BCUT2D eigenvalue weighted by molar-refractivity contribution is 4.84. The molecular weight excluding hydrogens is 186 g/mol. The number of rotatable bonds is 3. The van der Waals surface area contributed by atoms with Gasteiger partial charge in [-0.15, -0.1) is 0 Å². The summed E-state index contributed by atoms with van der Waals surface area (Å²) >= 11 is 0. The first-order valence-electron chi connectivity index (χ1n) is 6.64. The Labute approximate surface area is 93.7 Å². The van der Waals surface area contributed by atoms with Gasteiger partial charge in [0.2, 0.25) is 0 Å². The summed E-state index contributed by atoms with van der Waals surface area (Å²) in [6.45, 7) is 0.403. The number of hydrogen-bond acceptors (Lipinski definition) is 2. The quantitative estimate of drug-likeness (QED) is 0.775. The summed E-state index contributed by atoms with van der Waals surface area (Å²) in [5.41, 5.74) is 0. The van der Waals surface area contributed by atoms with Gasteiger partial charge in [0, 0.05) is 18.7 Å². The van der Waals surface area contributed by atoms with Crippen molar-refractivity contribution < 1.29 is 5.11 Å². The topological polar surface area (TPSA) is 23.5 Å². The van der Waals surface area contributed by atoms with Gasteiger partial charge in [0.25, 0.3) is 0 Å². The molecular formula is C13H25NO. The fourth-order valence-electron chi connectivity index (χ4n) is 3.34. The van der Waals surface area contributed by atoms with Crippen molar-refractivity contribution in [2.24, 2.45) is 5.92 Å². The van der Waals surface area contributed by atoms with E-state index in [4.69, 9.17) is 5.11 Å². The number of nitrogens with zero attached hydrogens (tertiary/aromatic N) is 1. The van der Waals surface area contributed by atoms with Gasteiger partial charge in [0.05, 0.1) is 0 Å². The van der Waals surface area contributed by atoms with Crippen molar-refractivity contribution in [2.75, 3.05) is 13.7 Å². The summed E-state index contributed by atoms with van der Waals surface area (Å²) in [6, 6.07) is 1.66. The molecule has 0 saturated heterocycles. The summed E-state index contributed by atoms with van der Waals surface area (Å²) in [6.07, 6.45) is 10.8. The molecule has 15 heavy (non-hydrogen) atoms. The minimum atomic E-state index is 0.403. The molecule has 0 radical (unpaired) electrons. The van der Waals surface area contributed by atoms with Crippen molar-refractivity contribution in [3.05, 3.63) is 0 Å². The summed E-state index contributed by atoms with van der Waals surface area (Å²) in [5.74, 6) is 0.596. The second-order valence-electron chi connectivity index (χ2n) is 5.46. The number of aliphatic hydroxyl groups is 1. The number of hydrogen-bond donors (Lipinski definition) is 1. The van der Waals surface area contributed by atoms with Crippen LogP contribution in [0.1, 0.15) is 51.4 Å². The van der Waals surface area contributed by atoms with Crippen molar-refractivity contribution in [1.29, 1.82) is 0 Å². The second-order valence-corrected chi connectivity index (χ2v) is 5.46. The van der Waals surface area contributed by atoms with Gasteiger partial charge in [-0.05, 0) is 51.5 Å². The van der Waals surface area contributed by atoms with E-state index in [9.17, 15) is 0 Å². The molecule has 0 amide bonds. The Hall–Kier alpha value is -0.0800. The predicted octanol–water partition coefficient (Wildman–Crippen LogP) is 2.41. The Morgan fingerprint density at radius 2 is 1.47 bits per heavy atom. The molecule has 0 unspecified atom stereocenters. The minimum Gasteiger partial charge on any atom is -0.396 e. The van der Waals surface area contributed by atoms with Gasteiger partial charge in [-0.3, -0.25) is 0 Å². The Kier molecular flexibility index (Phi) is 4.04. The lowest BCUT2D eigenvalue weighted by Gasteiger charge is -2.37. The van der Waals surface area contributed by atoms with Crippen molar-refractivity contribution in [1.82, 2.24) is 4.90 Å². The molecule has 2 heteroatoms. The van der Waals surface area contributed by atoms with Crippen LogP contribution in [0.4, 0.5) is 0 Å². The molecule has 0 bridgehead atoms. The maximum Gasteiger partial charge on any atom is 0.0459 e. The van der Waals surface area contributed by atoms with Gasteiger partial charge >= 0.3 is 0 Å². The van der Waals surface area contributed by atoms with E-state index in [1.807, 2.05) is 0 Å². The molecule has 0 spiro atoms. The molecule has 0 aliphatic heterocycles. The van der Waals surface area contributed by atoms with Crippen LogP contribution in [0.15, 0.2) is 0 Å². The van der Waals surface area contributed by atoms with Crippen LogP contribution in [0.5, 0.6) is 0 Å². The molecule has 2 fully saturated rings. The average Bonchev–Trinajstić information content (AvgIpc) is 2.82. The van der Waals surface area contributed by atoms with Crippen LogP contribution in [0.25, 0.3) is 0 Å². The van der Waals surface area contributed by atoms with Crippen molar-refractivity contribution in [2.45, 2.75) is 63.5 Å². The van der Waals surface area contributed by atoms with Crippen LogP contribution in [0, 0.1) is 5.92 Å². The Balaban J connectivity index is 1.78. The summed E-state index contributed by atoms with van der Waals surface area (Å²) in [7, 11) is 2.32. The monoisotopic (exact) mass is 211 g/mol. The van der Waals surface area contributed by atoms with E-state index in [0.29, 0.717) is 12.5 Å². The molecule has 1 N–H and O–H groups in total. The number of aliphatic hydroxyl groups excluding tert-OH is 1. The molecule has 0 atom stereocenters. The first kappa shape index (κ1) is 11.4. The van der Waals surface area contributed by atoms with Gasteiger partial charge in [-0.1, -0.05) is 12.8 Å². The van der Waals surface area contributed by atoms with Crippen molar-refractivity contribution in [3.8, 4) is 0 Å². The van der Waals surface area contributed by atoms with E-state index >= 15 is 0 Å². The van der Waals surface area contributed by atoms with Gasteiger partial charge in [-0.2, -0.15) is 0 Å². The smallest absolute Gasteiger partial charge is 0.0459 e. The third-order valence-electron chi connectivity index (χ3n) is 4.55. The highest BCUT2D eigenvalue weighted by Crippen LogP contribution is 2.31. The molecule has 0 aromatic carbocycles. The van der Waals surface area contributed by atoms with Crippen molar-refractivity contribution >= 4 is 0 Å². The second kappa shape index (κ2) is 5.31. The first-order chi connectivity index (χ1) is 7.31. The molecule has 0 aromatic heterocycles. The Morgan fingerprint density at radius 1 is 0.933 bits per heavy atom. The largest absolute Gasteiger partial charge is 0.396 e. The zero-order chi connectivity index (χ0) is 10.7. The third-order valence-corrected chi connectivity index (χ3v) is 4.55. The zero-order valence-electron chi connectivity index (χ0n) is 9.99. The van der Waals surface area contributed by atoms with Crippen molar-refractivity contribution in [3.63, 3.8) is 0 Å². The van der Waals surface area contributed by atoms with E-state index in [-0.39, 0.29) is 0 Å². The van der Waals surface area contributed by atoms with E-state index in [1.165, 1.54) is 51.4 Å². The lowest BCUT2D eigenvalue weighted by molar-refractivity contribution is 0.101. The standard InChI is InChI=1S/C13H25NO/c1-14(12-4-2-3-5-12)13-8-6-11(10-15)7-9-13/h11-13,15H,2-10H2,1H3. The molecule has 2 aliphatic rings. The van der Waals surface area contributed by atoms with E-state index in [2.05, 4.69) is 11.9 Å². The molecule has 88 valence electrons. The van der Waals surface area contributed by atoms with E-state index in [0.717, 1.165) is 12.1 Å². The Bertz CT molecular complexity index is 181. The lowest BCUT2D eigenvalue weighted by atomic mass is 9.85. The minimum absolute atomic E-state index is 0.403. The predicted molar refractivity (Wildman–Crippen MR) is 62.9 cm³/mol. The summed E-state index contributed by atoms with van der Waals surface area (Å²) in [4.78, 5) is 2.64. The summed E-state index contributed by atoms with van der Waals surface area (Å²) in [5, 5.41) is 9.11. The molecule has 0 aromatic rings. The molecule has 2 nitrogen and oxygen atoms in total. The van der Waals surface area contributed by atoms with Gasteiger partial charge in [0.15, 0.2) is 0 Å². The normalized spacial score (nSPS) is 33.8. The molecule has 2 aliphatic carbocycles. The lowest BCUT2D eigenvalue weighted by Crippen LogP contribution is -2.41. The Morgan fingerprint density at radius 3 is 2.00 bits per heavy atom. The van der Waals surface area contributed by atoms with Crippen LogP contribution in [-0.2, 0) is 0 Å². The SMILES string of the molecule is CN(C1CCCC1)C1CCC(CO)CC1. The highest BCUT2D eigenvalue weighted by Gasteiger charge is 2.28. The maximum atomic E-state index is 9.11.